The molecule has 0 spiro atoms. The number of anilines is 1. The number of benzene rings is 2. The summed E-state index contributed by atoms with van der Waals surface area (Å²) in [6.07, 6.45) is 0. The van der Waals surface area contributed by atoms with E-state index in [2.05, 4.69) is 5.32 Å². The molecule has 1 heterocycles. The summed E-state index contributed by atoms with van der Waals surface area (Å²) >= 11 is 12.0. The Labute approximate surface area is 161 Å². The first-order valence-corrected chi connectivity index (χ1v) is 8.75. The SMILES string of the molecule is CCOc1ccc(NC2=C(Cl)C(=O)N(Cc3ccc(Cl)cc3)C2=O)cc1. The molecule has 0 aromatic heterocycles. The van der Waals surface area contributed by atoms with Gasteiger partial charge < -0.3 is 10.1 Å². The standard InChI is InChI=1S/C19H16Cl2N2O3/c1-2-26-15-9-7-14(8-10-15)22-17-16(21)18(24)23(19(17)25)11-12-3-5-13(20)6-4-12/h3-10,22H,2,11H2,1H3. The van der Waals surface area contributed by atoms with E-state index < -0.39 is 11.8 Å². The van der Waals surface area contributed by atoms with Crippen LogP contribution < -0.4 is 10.1 Å². The highest BCUT2D eigenvalue weighted by Gasteiger charge is 2.37. The minimum Gasteiger partial charge on any atom is -0.494 e. The molecule has 0 radical (unpaired) electrons. The van der Waals surface area contributed by atoms with Crippen molar-refractivity contribution in [2.45, 2.75) is 13.5 Å². The van der Waals surface area contributed by atoms with E-state index >= 15 is 0 Å². The van der Waals surface area contributed by atoms with Gasteiger partial charge in [0.15, 0.2) is 0 Å². The van der Waals surface area contributed by atoms with Gasteiger partial charge >= 0.3 is 0 Å². The Bertz CT molecular complexity index is 861. The fourth-order valence-corrected chi connectivity index (χ4v) is 2.87. The van der Waals surface area contributed by atoms with Gasteiger partial charge in [-0.25, -0.2) is 0 Å². The van der Waals surface area contributed by atoms with Crippen molar-refractivity contribution in [3.8, 4) is 5.75 Å². The summed E-state index contributed by atoms with van der Waals surface area (Å²) in [4.78, 5) is 26.1. The molecule has 0 saturated heterocycles. The summed E-state index contributed by atoms with van der Waals surface area (Å²) in [6.45, 7) is 2.59. The van der Waals surface area contributed by atoms with Crippen molar-refractivity contribution in [1.29, 1.82) is 0 Å². The largest absolute Gasteiger partial charge is 0.494 e. The quantitative estimate of drug-likeness (QED) is 0.751. The van der Waals surface area contributed by atoms with Crippen molar-refractivity contribution in [1.82, 2.24) is 4.90 Å². The van der Waals surface area contributed by atoms with Crippen LogP contribution in [0.3, 0.4) is 0 Å². The van der Waals surface area contributed by atoms with E-state index in [0.717, 1.165) is 16.2 Å². The van der Waals surface area contributed by atoms with Crippen LogP contribution in [0.25, 0.3) is 0 Å². The van der Waals surface area contributed by atoms with E-state index in [1.54, 1.807) is 48.5 Å². The van der Waals surface area contributed by atoms with Gasteiger partial charge in [0.1, 0.15) is 16.5 Å². The van der Waals surface area contributed by atoms with Gasteiger partial charge in [0.05, 0.1) is 13.2 Å². The minimum atomic E-state index is -0.528. The van der Waals surface area contributed by atoms with Crippen molar-refractivity contribution < 1.29 is 14.3 Å². The zero-order valence-corrected chi connectivity index (χ0v) is 15.5. The van der Waals surface area contributed by atoms with E-state index in [9.17, 15) is 9.59 Å². The highest BCUT2D eigenvalue weighted by atomic mass is 35.5. The van der Waals surface area contributed by atoms with Gasteiger partial charge in [-0.2, -0.15) is 0 Å². The summed E-state index contributed by atoms with van der Waals surface area (Å²) in [5, 5.41) is 3.38. The molecule has 2 aromatic rings. The van der Waals surface area contributed by atoms with Gasteiger partial charge in [0.25, 0.3) is 11.8 Å². The number of halogens is 2. The molecule has 0 bridgehead atoms. The smallest absolute Gasteiger partial charge is 0.279 e. The zero-order valence-electron chi connectivity index (χ0n) is 14.0. The van der Waals surface area contributed by atoms with E-state index in [4.69, 9.17) is 27.9 Å². The fourth-order valence-electron chi connectivity index (χ4n) is 2.52. The first kappa shape index (κ1) is 18.3. The summed E-state index contributed by atoms with van der Waals surface area (Å²) in [5.74, 6) is -0.278. The predicted molar refractivity (Wildman–Crippen MR) is 101 cm³/mol. The lowest BCUT2D eigenvalue weighted by Gasteiger charge is -2.15. The van der Waals surface area contributed by atoms with Crippen LogP contribution in [0.2, 0.25) is 5.02 Å². The molecule has 1 aliphatic rings. The minimum absolute atomic E-state index is 0.0646. The van der Waals surface area contributed by atoms with Crippen LogP contribution in [0.5, 0.6) is 5.75 Å². The molecule has 5 nitrogen and oxygen atoms in total. The maximum atomic E-state index is 12.6. The molecule has 0 unspecified atom stereocenters. The maximum absolute atomic E-state index is 12.6. The first-order chi connectivity index (χ1) is 12.5. The van der Waals surface area contributed by atoms with Gasteiger partial charge in [-0.15, -0.1) is 0 Å². The molecule has 0 saturated carbocycles. The van der Waals surface area contributed by atoms with Gasteiger partial charge in [-0.3, -0.25) is 14.5 Å². The molecule has 134 valence electrons. The molecule has 0 atom stereocenters. The van der Waals surface area contributed by atoms with E-state index in [-0.39, 0.29) is 17.3 Å². The topological polar surface area (TPSA) is 58.6 Å². The van der Waals surface area contributed by atoms with Crippen LogP contribution in [-0.2, 0) is 16.1 Å². The molecule has 1 N–H and O–H groups in total. The lowest BCUT2D eigenvalue weighted by molar-refractivity contribution is -0.138. The molecular formula is C19H16Cl2N2O3. The van der Waals surface area contributed by atoms with E-state index in [1.807, 2.05) is 6.92 Å². The van der Waals surface area contributed by atoms with Crippen molar-refractivity contribution in [2.75, 3.05) is 11.9 Å². The number of amides is 2. The highest BCUT2D eigenvalue weighted by Crippen LogP contribution is 2.28. The Hall–Kier alpha value is -2.50. The Morgan fingerprint density at radius 1 is 0.962 bits per heavy atom. The monoisotopic (exact) mass is 390 g/mol. The average molecular weight is 391 g/mol. The Morgan fingerprint density at radius 3 is 2.23 bits per heavy atom. The van der Waals surface area contributed by atoms with Crippen molar-refractivity contribution >= 4 is 40.7 Å². The third-order valence-electron chi connectivity index (χ3n) is 3.80. The first-order valence-electron chi connectivity index (χ1n) is 8.00. The Kier molecular flexibility index (Phi) is 5.49. The van der Waals surface area contributed by atoms with Crippen LogP contribution in [-0.4, -0.2) is 23.3 Å². The molecule has 2 aromatic carbocycles. The third kappa shape index (κ3) is 3.84. The molecule has 0 fully saturated rings. The third-order valence-corrected chi connectivity index (χ3v) is 4.40. The molecule has 26 heavy (non-hydrogen) atoms. The molecule has 0 aliphatic carbocycles. The normalized spacial score (nSPS) is 14.2. The Morgan fingerprint density at radius 2 is 1.62 bits per heavy atom. The molecule has 1 aliphatic heterocycles. The number of rotatable bonds is 6. The van der Waals surface area contributed by atoms with Crippen molar-refractivity contribution in [3.05, 3.63) is 69.8 Å². The lowest BCUT2D eigenvalue weighted by atomic mass is 10.2. The van der Waals surface area contributed by atoms with Gasteiger partial charge in [0.2, 0.25) is 0 Å². The molecular weight excluding hydrogens is 375 g/mol. The van der Waals surface area contributed by atoms with Gasteiger partial charge in [-0.05, 0) is 48.9 Å². The number of hydrogen-bond donors (Lipinski definition) is 1. The molecule has 3 rings (SSSR count). The lowest BCUT2D eigenvalue weighted by Crippen LogP contribution is -2.31. The summed E-state index contributed by atoms with van der Waals surface area (Å²) in [7, 11) is 0. The number of carbonyl (C=O) groups is 2. The van der Waals surface area contributed by atoms with Gasteiger partial charge in [-0.1, -0.05) is 35.3 Å². The number of ether oxygens (including phenoxy) is 1. The average Bonchev–Trinajstić information content (AvgIpc) is 2.83. The zero-order chi connectivity index (χ0) is 18.7. The predicted octanol–water partition coefficient (Wildman–Crippen LogP) is 4.17. The second-order valence-corrected chi connectivity index (χ2v) is 6.41. The number of nitrogens with zero attached hydrogens (tertiary/aromatic N) is 1. The second-order valence-electron chi connectivity index (χ2n) is 5.59. The highest BCUT2D eigenvalue weighted by molar-refractivity contribution is 6.48. The second kappa shape index (κ2) is 7.81. The van der Waals surface area contributed by atoms with Gasteiger partial charge in [0, 0.05) is 10.7 Å². The molecule has 2 amide bonds. The van der Waals surface area contributed by atoms with Crippen molar-refractivity contribution in [2.24, 2.45) is 0 Å². The summed E-state index contributed by atoms with van der Waals surface area (Å²) in [6, 6.07) is 14.0. The van der Waals surface area contributed by atoms with E-state index in [1.165, 1.54) is 0 Å². The maximum Gasteiger partial charge on any atom is 0.279 e. The number of carbonyl (C=O) groups excluding carboxylic acids is 2. The van der Waals surface area contributed by atoms with Crippen LogP contribution in [0, 0.1) is 0 Å². The van der Waals surface area contributed by atoms with Crippen LogP contribution in [0.4, 0.5) is 5.69 Å². The number of imide groups is 1. The van der Waals surface area contributed by atoms with Crippen LogP contribution >= 0.6 is 23.2 Å². The van der Waals surface area contributed by atoms with Crippen LogP contribution in [0.1, 0.15) is 12.5 Å². The van der Waals surface area contributed by atoms with Crippen molar-refractivity contribution in [3.63, 3.8) is 0 Å². The summed E-state index contributed by atoms with van der Waals surface area (Å²) < 4.78 is 5.38. The number of hydrogen-bond acceptors (Lipinski definition) is 4. The fraction of sp³-hybridized carbons (Fsp3) is 0.158. The summed E-state index contributed by atoms with van der Waals surface area (Å²) in [5.41, 5.74) is 1.48. The molecule has 7 heteroatoms. The van der Waals surface area contributed by atoms with Crippen LogP contribution in [0.15, 0.2) is 59.3 Å². The Balaban J connectivity index is 1.74. The van der Waals surface area contributed by atoms with E-state index in [0.29, 0.717) is 17.3 Å². The number of nitrogens with one attached hydrogen (secondary N) is 1.